The van der Waals surface area contributed by atoms with Crippen LogP contribution in [0.4, 0.5) is 5.69 Å². The molecule has 0 bridgehead atoms. The molecule has 0 atom stereocenters. The summed E-state index contributed by atoms with van der Waals surface area (Å²) in [6, 6.07) is 12.7. The summed E-state index contributed by atoms with van der Waals surface area (Å²) in [6.45, 7) is 2.44. The fourth-order valence-electron chi connectivity index (χ4n) is 2.53. The Hall–Kier alpha value is -2.45. The van der Waals surface area contributed by atoms with Crippen LogP contribution in [0.25, 0.3) is 0 Å². The van der Waals surface area contributed by atoms with Gasteiger partial charge in [0.15, 0.2) is 5.11 Å². The lowest BCUT2D eigenvalue weighted by atomic mass is 10.1. The van der Waals surface area contributed by atoms with E-state index in [4.69, 9.17) is 17.0 Å². The average molecular weight is 478 g/mol. The maximum Gasteiger partial charge on any atom is 0.257 e. The maximum atomic E-state index is 12.4. The summed E-state index contributed by atoms with van der Waals surface area (Å²) in [6.07, 6.45) is 1.07. The van der Waals surface area contributed by atoms with Gasteiger partial charge in [-0.2, -0.15) is 0 Å². The van der Waals surface area contributed by atoms with Gasteiger partial charge in [-0.1, -0.05) is 12.1 Å². The molecule has 0 unspecified atom stereocenters. The second kappa shape index (κ2) is 10.9. The second-order valence-corrected chi connectivity index (χ2v) is 7.74. The number of hydrogen-bond donors (Lipinski definition) is 2. The predicted octanol–water partition coefficient (Wildman–Crippen LogP) is 4.00. The van der Waals surface area contributed by atoms with E-state index in [0.29, 0.717) is 35.2 Å². The normalized spacial score (nSPS) is 10.2. The van der Waals surface area contributed by atoms with Gasteiger partial charge in [0, 0.05) is 31.8 Å². The van der Waals surface area contributed by atoms with Crippen molar-refractivity contribution in [2.75, 3.05) is 26.0 Å². The number of carbonyl (C=O) groups is 2. The minimum atomic E-state index is -0.320. The highest BCUT2D eigenvalue weighted by molar-refractivity contribution is 9.10. The molecule has 0 heterocycles. The third-order valence-corrected chi connectivity index (χ3v) is 4.86. The molecule has 29 heavy (non-hydrogen) atoms. The van der Waals surface area contributed by atoms with Gasteiger partial charge in [0.25, 0.3) is 5.91 Å². The molecule has 2 amide bonds. The van der Waals surface area contributed by atoms with Gasteiger partial charge >= 0.3 is 0 Å². The van der Waals surface area contributed by atoms with E-state index >= 15 is 0 Å². The van der Waals surface area contributed by atoms with Crippen LogP contribution in [0.1, 0.15) is 29.3 Å². The van der Waals surface area contributed by atoms with Crippen molar-refractivity contribution in [2.45, 2.75) is 19.8 Å². The Labute approximate surface area is 184 Å². The molecule has 2 rings (SSSR count). The minimum absolute atomic E-state index is 0.0765. The van der Waals surface area contributed by atoms with E-state index in [9.17, 15) is 9.59 Å². The molecule has 2 aromatic rings. The van der Waals surface area contributed by atoms with Crippen molar-refractivity contribution < 1.29 is 14.3 Å². The first-order chi connectivity index (χ1) is 13.8. The summed E-state index contributed by atoms with van der Waals surface area (Å²) in [5.74, 6) is 0.431. The summed E-state index contributed by atoms with van der Waals surface area (Å²) in [5, 5.41) is 5.87. The Kier molecular flexibility index (Phi) is 8.60. The Balaban J connectivity index is 1.95. The molecule has 0 saturated carbocycles. The topological polar surface area (TPSA) is 70.7 Å². The monoisotopic (exact) mass is 477 g/mol. The molecule has 8 heteroatoms. The number of carbonyl (C=O) groups excluding carboxylic acids is 2. The number of benzene rings is 2. The first-order valence-electron chi connectivity index (χ1n) is 9.14. The van der Waals surface area contributed by atoms with E-state index in [1.165, 1.54) is 0 Å². The summed E-state index contributed by atoms with van der Waals surface area (Å²) in [4.78, 5) is 25.8. The molecule has 0 aliphatic rings. The van der Waals surface area contributed by atoms with Crippen LogP contribution < -0.4 is 15.4 Å². The minimum Gasteiger partial charge on any atom is -0.493 e. The highest BCUT2D eigenvalue weighted by Gasteiger charge is 2.11. The van der Waals surface area contributed by atoms with Crippen LogP contribution in [0.15, 0.2) is 46.9 Å². The van der Waals surface area contributed by atoms with E-state index < -0.39 is 0 Å². The van der Waals surface area contributed by atoms with Crippen molar-refractivity contribution >= 4 is 50.8 Å². The van der Waals surface area contributed by atoms with Gasteiger partial charge < -0.3 is 15.0 Å². The fourth-order valence-corrected chi connectivity index (χ4v) is 3.24. The van der Waals surface area contributed by atoms with Crippen LogP contribution in [0.2, 0.25) is 0 Å². The van der Waals surface area contributed by atoms with Gasteiger partial charge in [-0.25, -0.2) is 0 Å². The van der Waals surface area contributed by atoms with Crippen LogP contribution >= 0.6 is 28.1 Å². The van der Waals surface area contributed by atoms with Crippen molar-refractivity contribution in [2.24, 2.45) is 0 Å². The molecule has 0 spiro atoms. The highest BCUT2D eigenvalue weighted by atomic mass is 79.9. The summed E-state index contributed by atoms with van der Waals surface area (Å²) in [5.41, 5.74) is 2.22. The molecule has 2 N–H and O–H groups in total. The SMILES string of the molecule is CCOc1ccc(C(=O)NC(=S)Nc2cccc(CCC(=O)N(C)C)c2)cc1Br. The van der Waals surface area contributed by atoms with Gasteiger partial charge in [0.1, 0.15) is 5.75 Å². The number of halogens is 1. The Morgan fingerprint density at radius 1 is 1.17 bits per heavy atom. The summed E-state index contributed by atoms with van der Waals surface area (Å²) < 4.78 is 6.15. The lowest BCUT2D eigenvalue weighted by Crippen LogP contribution is -2.34. The average Bonchev–Trinajstić information content (AvgIpc) is 2.67. The van der Waals surface area contributed by atoms with Crippen molar-refractivity contribution in [1.29, 1.82) is 0 Å². The number of ether oxygens (including phenoxy) is 1. The number of anilines is 1. The highest BCUT2D eigenvalue weighted by Crippen LogP contribution is 2.26. The molecule has 0 fully saturated rings. The molecule has 6 nitrogen and oxygen atoms in total. The zero-order valence-electron chi connectivity index (χ0n) is 16.6. The number of aryl methyl sites for hydroxylation is 1. The molecule has 0 aromatic heterocycles. The quantitative estimate of drug-likeness (QED) is 0.589. The number of thiocarbonyl (C=S) groups is 1. The van der Waals surface area contributed by atoms with Crippen molar-refractivity contribution in [3.05, 3.63) is 58.1 Å². The van der Waals surface area contributed by atoms with Crippen LogP contribution in [0.3, 0.4) is 0 Å². The van der Waals surface area contributed by atoms with Crippen molar-refractivity contribution in [1.82, 2.24) is 10.2 Å². The maximum absolute atomic E-state index is 12.4. The lowest BCUT2D eigenvalue weighted by molar-refractivity contribution is -0.128. The number of nitrogens with one attached hydrogen (secondary N) is 2. The largest absolute Gasteiger partial charge is 0.493 e. The van der Waals surface area contributed by atoms with Gasteiger partial charge in [-0.15, -0.1) is 0 Å². The second-order valence-electron chi connectivity index (χ2n) is 6.48. The molecular formula is C21H24BrN3O3S. The first kappa shape index (κ1) is 22.8. The number of amides is 2. The smallest absolute Gasteiger partial charge is 0.257 e. The van der Waals surface area contributed by atoms with Crippen molar-refractivity contribution in [3.63, 3.8) is 0 Å². The molecule has 154 valence electrons. The molecule has 0 radical (unpaired) electrons. The van der Waals surface area contributed by atoms with Gasteiger partial charge in [0.2, 0.25) is 5.91 Å². The summed E-state index contributed by atoms with van der Waals surface area (Å²) >= 11 is 8.65. The third kappa shape index (κ3) is 7.14. The third-order valence-electron chi connectivity index (χ3n) is 4.03. The van der Waals surface area contributed by atoms with Crippen LogP contribution in [0.5, 0.6) is 5.75 Å². The van der Waals surface area contributed by atoms with E-state index in [1.54, 1.807) is 37.2 Å². The Bertz CT molecular complexity index is 902. The zero-order valence-corrected chi connectivity index (χ0v) is 19.0. The first-order valence-corrected chi connectivity index (χ1v) is 10.3. The van der Waals surface area contributed by atoms with Gasteiger partial charge in [0.05, 0.1) is 11.1 Å². The van der Waals surface area contributed by atoms with E-state index in [1.807, 2.05) is 31.2 Å². The predicted molar refractivity (Wildman–Crippen MR) is 122 cm³/mol. The van der Waals surface area contributed by atoms with Crippen molar-refractivity contribution in [3.8, 4) is 5.75 Å². The molecule has 0 aliphatic carbocycles. The Morgan fingerprint density at radius 2 is 1.93 bits per heavy atom. The lowest BCUT2D eigenvalue weighted by Gasteiger charge is -2.12. The van der Waals surface area contributed by atoms with E-state index in [2.05, 4.69) is 26.6 Å². The summed E-state index contributed by atoms with van der Waals surface area (Å²) in [7, 11) is 3.48. The molecule has 2 aromatic carbocycles. The number of nitrogens with zero attached hydrogens (tertiary/aromatic N) is 1. The number of hydrogen-bond acceptors (Lipinski definition) is 4. The zero-order chi connectivity index (χ0) is 21.4. The van der Waals surface area contributed by atoms with Gasteiger partial charge in [-0.3, -0.25) is 14.9 Å². The van der Waals surface area contributed by atoms with E-state index in [0.717, 1.165) is 11.3 Å². The Morgan fingerprint density at radius 3 is 2.59 bits per heavy atom. The van der Waals surface area contributed by atoms with Crippen LogP contribution in [-0.2, 0) is 11.2 Å². The molecular weight excluding hydrogens is 454 g/mol. The number of rotatable bonds is 7. The molecule has 0 saturated heterocycles. The standard InChI is InChI=1S/C21H24BrN3O3S/c1-4-28-18-10-9-15(13-17(18)22)20(27)24-21(29)23-16-7-5-6-14(12-16)8-11-19(26)25(2)3/h5-7,9-10,12-13H,4,8,11H2,1-3H3,(H2,23,24,27,29). The molecule has 0 aliphatic heterocycles. The van der Waals surface area contributed by atoms with Gasteiger partial charge in [-0.05, 0) is 77.4 Å². The van der Waals surface area contributed by atoms with Crippen LogP contribution in [-0.4, -0.2) is 42.5 Å². The fraction of sp³-hybridized carbons (Fsp3) is 0.286. The van der Waals surface area contributed by atoms with E-state index in [-0.39, 0.29) is 16.9 Å². The van der Waals surface area contributed by atoms with Crippen LogP contribution in [0, 0.1) is 0 Å².